The van der Waals surface area contributed by atoms with Gasteiger partial charge in [0, 0.05) is 0 Å². The molecule has 0 aliphatic heterocycles. The highest BCUT2D eigenvalue weighted by Gasteiger charge is 2.21. The maximum absolute atomic E-state index is 11.6. The number of aryl methyl sites for hydroxylation is 1. The van der Waals surface area contributed by atoms with Crippen molar-refractivity contribution in [2.75, 3.05) is 0 Å². The molecule has 4 heteroatoms. The summed E-state index contributed by atoms with van der Waals surface area (Å²) in [7, 11) is 0. The van der Waals surface area contributed by atoms with Gasteiger partial charge in [-0.3, -0.25) is 0 Å². The van der Waals surface area contributed by atoms with Crippen molar-refractivity contribution in [2.24, 2.45) is 0 Å². The SMILES string of the molecule is CCCCCCCCCCCCCCCCCCc1c(C)ccc(C(=O)O)c1C(=O)O. The lowest BCUT2D eigenvalue weighted by Crippen LogP contribution is -2.13. The molecule has 0 heterocycles. The molecule has 0 unspecified atom stereocenters. The van der Waals surface area contributed by atoms with Crippen molar-refractivity contribution in [1.82, 2.24) is 0 Å². The lowest BCUT2D eigenvalue weighted by molar-refractivity contribution is 0.0650. The molecule has 0 radical (unpaired) electrons. The van der Waals surface area contributed by atoms with Crippen LogP contribution in [0.5, 0.6) is 0 Å². The number of carboxylic acids is 2. The Morgan fingerprint density at radius 1 is 0.645 bits per heavy atom. The smallest absolute Gasteiger partial charge is 0.336 e. The van der Waals surface area contributed by atoms with Crippen molar-refractivity contribution in [1.29, 1.82) is 0 Å². The quantitative estimate of drug-likeness (QED) is 0.216. The Labute approximate surface area is 189 Å². The fourth-order valence-electron chi connectivity index (χ4n) is 4.35. The van der Waals surface area contributed by atoms with Crippen LogP contribution >= 0.6 is 0 Å². The number of carboxylic acid groups (broad SMARTS) is 2. The average molecular weight is 433 g/mol. The maximum atomic E-state index is 11.6. The first-order valence-electron chi connectivity index (χ1n) is 12.6. The Hall–Kier alpha value is -1.84. The molecule has 0 atom stereocenters. The van der Waals surface area contributed by atoms with Crippen LogP contribution in [0.15, 0.2) is 12.1 Å². The molecule has 0 saturated carbocycles. The van der Waals surface area contributed by atoms with Gasteiger partial charge >= 0.3 is 11.9 Å². The van der Waals surface area contributed by atoms with E-state index in [9.17, 15) is 19.8 Å². The molecule has 2 N–H and O–H groups in total. The first kappa shape index (κ1) is 27.2. The summed E-state index contributed by atoms with van der Waals surface area (Å²) in [4.78, 5) is 23.0. The standard InChI is InChI=1S/C27H44O4/c1-3-4-5-6-7-8-9-10-11-12-13-14-15-16-17-18-19-23-22(2)20-21-24(26(28)29)25(23)27(30)31/h20-21H,3-19H2,1-2H3,(H,28,29)(H,30,31). The van der Waals surface area contributed by atoms with Gasteiger partial charge in [0.2, 0.25) is 0 Å². The van der Waals surface area contributed by atoms with Gasteiger partial charge in [0.25, 0.3) is 0 Å². The molecule has 1 aromatic rings. The van der Waals surface area contributed by atoms with Gasteiger partial charge in [-0.05, 0) is 37.0 Å². The van der Waals surface area contributed by atoms with Crippen molar-refractivity contribution in [2.45, 2.75) is 123 Å². The molecule has 1 rings (SSSR count). The average Bonchev–Trinajstić information content (AvgIpc) is 2.73. The predicted octanol–water partition coefficient (Wildman–Crippen LogP) is 8.20. The number of rotatable bonds is 19. The lowest BCUT2D eigenvalue weighted by atomic mass is 9.92. The van der Waals surface area contributed by atoms with E-state index in [4.69, 9.17) is 0 Å². The molecule has 0 spiro atoms. The van der Waals surface area contributed by atoms with Crippen LogP contribution in [-0.2, 0) is 6.42 Å². The first-order valence-corrected chi connectivity index (χ1v) is 12.6. The molecule has 0 bridgehead atoms. The van der Waals surface area contributed by atoms with Gasteiger partial charge in [-0.2, -0.15) is 0 Å². The van der Waals surface area contributed by atoms with E-state index in [1.807, 2.05) is 6.92 Å². The van der Waals surface area contributed by atoms with Crippen LogP contribution in [0, 0.1) is 6.92 Å². The number of benzene rings is 1. The molecular formula is C27H44O4. The third-order valence-corrected chi connectivity index (χ3v) is 6.27. The summed E-state index contributed by atoms with van der Waals surface area (Å²) in [6.07, 6.45) is 21.4. The summed E-state index contributed by atoms with van der Waals surface area (Å²) in [5.41, 5.74) is 1.40. The minimum absolute atomic E-state index is 0.0338. The minimum atomic E-state index is -1.18. The van der Waals surface area contributed by atoms with E-state index in [1.165, 1.54) is 89.5 Å². The topological polar surface area (TPSA) is 74.6 Å². The van der Waals surface area contributed by atoms with Gasteiger partial charge in [0.15, 0.2) is 0 Å². The minimum Gasteiger partial charge on any atom is -0.478 e. The highest BCUT2D eigenvalue weighted by molar-refractivity contribution is 6.03. The van der Waals surface area contributed by atoms with E-state index in [1.54, 1.807) is 6.07 Å². The fraction of sp³-hybridized carbons (Fsp3) is 0.704. The second-order valence-corrected chi connectivity index (χ2v) is 8.95. The Morgan fingerprint density at radius 3 is 1.45 bits per heavy atom. The Balaban J connectivity index is 2.10. The summed E-state index contributed by atoms with van der Waals surface area (Å²) in [6, 6.07) is 3.12. The highest BCUT2D eigenvalue weighted by atomic mass is 16.4. The van der Waals surface area contributed by atoms with E-state index < -0.39 is 11.9 Å². The maximum Gasteiger partial charge on any atom is 0.336 e. The number of unbranched alkanes of at least 4 members (excludes halogenated alkanes) is 15. The van der Waals surface area contributed by atoms with Crippen molar-refractivity contribution >= 4 is 11.9 Å². The van der Waals surface area contributed by atoms with Gasteiger partial charge in [-0.1, -0.05) is 109 Å². The third-order valence-electron chi connectivity index (χ3n) is 6.27. The molecule has 1 aromatic carbocycles. The molecular weight excluding hydrogens is 388 g/mol. The van der Waals surface area contributed by atoms with Crippen LogP contribution in [0.2, 0.25) is 0 Å². The summed E-state index contributed by atoms with van der Waals surface area (Å²) in [6.45, 7) is 4.13. The second kappa shape index (κ2) is 16.8. The zero-order valence-corrected chi connectivity index (χ0v) is 19.9. The molecule has 0 aliphatic carbocycles. The Bertz CT molecular complexity index is 651. The molecule has 0 aromatic heterocycles. The predicted molar refractivity (Wildman–Crippen MR) is 128 cm³/mol. The van der Waals surface area contributed by atoms with Crippen LogP contribution < -0.4 is 0 Å². The van der Waals surface area contributed by atoms with Crippen molar-refractivity contribution in [3.63, 3.8) is 0 Å². The van der Waals surface area contributed by atoms with Crippen LogP contribution in [-0.4, -0.2) is 22.2 Å². The lowest BCUT2D eigenvalue weighted by Gasteiger charge is -2.12. The molecule has 0 fully saturated rings. The second-order valence-electron chi connectivity index (χ2n) is 8.95. The van der Waals surface area contributed by atoms with E-state index in [2.05, 4.69) is 6.92 Å². The highest BCUT2D eigenvalue weighted by Crippen LogP contribution is 2.22. The van der Waals surface area contributed by atoms with Crippen molar-refractivity contribution in [3.8, 4) is 0 Å². The molecule has 0 amide bonds. The van der Waals surface area contributed by atoms with E-state index in [0.29, 0.717) is 12.0 Å². The van der Waals surface area contributed by atoms with E-state index >= 15 is 0 Å². The van der Waals surface area contributed by atoms with Crippen LogP contribution in [0.4, 0.5) is 0 Å². The van der Waals surface area contributed by atoms with Crippen LogP contribution in [0.3, 0.4) is 0 Å². The van der Waals surface area contributed by atoms with Gasteiger partial charge in [-0.15, -0.1) is 0 Å². The van der Waals surface area contributed by atoms with Crippen LogP contribution in [0.25, 0.3) is 0 Å². The summed E-state index contributed by atoms with van der Waals surface area (Å²) < 4.78 is 0. The van der Waals surface area contributed by atoms with Gasteiger partial charge in [0.05, 0.1) is 11.1 Å². The van der Waals surface area contributed by atoms with Gasteiger partial charge in [-0.25, -0.2) is 9.59 Å². The van der Waals surface area contributed by atoms with E-state index in [0.717, 1.165) is 24.8 Å². The number of hydrogen-bond acceptors (Lipinski definition) is 2. The van der Waals surface area contributed by atoms with Crippen molar-refractivity contribution in [3.05, 3.63) is 34.4 Å². The number of carbonyl (C=O) groups is 2. The van der Waals surface area contributed by atoms with Crippen LogP contribution in [0.1, 0.15) is 141 Å². The zero-order valence-electron chi connectivity index (χ0n) is 19.9. The zero-order chi connectivity index (χ0) is 22.9. The summed E-state index contributed by atoms with van der Waals surface area (Å²) in [5.74, 6) is -2.32. The summed E-state index contributed by atoms with van der Waals surface area (Å²) >= 11 is 0. The van der Waals surface area contributed by atoms with Crippen molar-refractivity contribution < 1.29 is 19.8 Å². The molecule has 31 heavy (non-hydrogen) atoms. The molecule has 4 nitrogen and oxygen atoms in total. The van der Waals surface area contributed by atoms with E-state index in [-0.39, 0.29) is 11.1 Å². The fourth-order valence-corrected chi connectivity index (χ4v) is 4.35. The molecule has 0 aliphatic rings. The first-order chi connectivity index (χ1) is 15.0. The monoisotopic (exact) mass is 432 g/mol. The largest absolute Gasteiger partial charge is 0.478 e. The number of aromatic carboxylic acids is 2. The van der Waals surface area contributed by atoms with Gasteiger partial charge in [0.1, 0.15) is 0 Å². The number of hydrogen-bond donors (Lipinski definition) is 2. The Morgan fingerprint density at radius 2 is 1.06 bits per heavy atom. The summed E-state index contributed by atoms with van der Waals surface area (Å²) in [5, 5.41) is 18.8. The Kier molecular flexibility index (Phi) is 14.7. The molecule has 176 valence electrons. The molecule has 0 saturated heterocycles. The third kappa shape index (κ3) is 11.4. The van der Waals surface area contributed by atoms with Gasteiger partial charge < -0.3 is 10.2 Å². The normalized spacial score (nSPS) is 11.0.